The van der Waals surface area contributed by atoms with Gasteiger partial charge in [-0.2, -0.15) is 0 Å². The van der Waals surface area contributed by atoms with E-state index in [0.717, 1.165) is 22.0 Å². The molecule has 1 heterocycles. The molecule has 0 aromatic heterocycles. The van der Waals surface area contributed by atoms with Crippen LogP contribution in [-0.4, -0.2) is 28.8 Å². The molecule has 0 spiro atoms. The number of aromatic hydroxyl groups is 1. The molecule has 6 heteroatoms. The first-order valence-corrected chi connectivity index (χ1v) is 9.70. The number of phenols is 1. The van der Waals surface area contributed by atoms with Crippen molar-refractivity contribution in [3.8, 4) is 5.75 Å². The molecule has 1 saturated heterocycles. The number of carboxylic acid groups (broad SMARTS) is 1. The highest BCUT2D eigenvalue weighted by atomic mass is 79.9. The van der Waals surface area contributed by atoms with Gasteiger partial charge >= 0.3 is 5.97 Å². The largest absolute Gasteiger partial charge is 0.506 e. The fraction of sp³-hybridized carbons (Fsp3) is 0.150. The quantitative estimate of drug-likeness (QED) is 0.550. The fourth-order valence-corrected chi connectivity index (χ4v) is 4.74. The summed E-state index contributed by atoms with van der Waals surface area (Å²) in [5, 5.41) is 21.9. The molecule has 2 atom stereocenters. The Balaban J connectivity index is 1.68. The summed E-state index contributed by atoms with van der Waals surface area (Å²) in [6.45, 7) is 0.610. The van der Waals surface area contributed by atoms with Crippen LogP contribution in [0.4, 0.5) is 5.69 Å². The van der Waals surface area contributed by atoms with Crippen LogP contribution in [-0.2, 0) is 4.79 Å². The Hall–Kier alpha value is -2.05. The summed E-state index contributed by atoms with van der Waals surface area (Å²) >= 11 is 6.64. The molecular weight excluding hydrogens is 462 g/mol. The predicted octanol–water partition coefficient (Wildman–Crippen LogP) is 5.13. The maximum atomic E-state index is 11.9. The zero-order valence-corrected chi connectivity index (χ0v) is 16.7. The van der Waals surface area contributed by atoms with E-state index in [-0.39, 0.29) is 11.7 Å². The minimum absolute atomic E-state index is 0.117. The van der Waals surface area contributed by atoms with E-state index in [1.54, 1.807) is 12.1 Å². The van der Waals surface area contributed by atoms with Crippen LogP contribution < -0.4 is 4.90 Å². The van der Waals surface area contributed by atoms with Gasteiger partial charge in [0.05, 0.1) is 8.95 Å². The van der Waals surface area contributed by atoms with E-state index in [1.165, 1.54) is 0 Å². The van der Waals surface area contributed by atoms with Gasteiger partial charge < -0.3 is 15.1 Å². The van der Waals surface area contributed by atoms with Gasteiger partial charge in [0.2, 0.25) is 0 Å². The Bertz CT molecular complexity index is 998. The number of carboxylic acids is 1. The SMILES string of the molecule is O=C(O)C1C(c2cc(Br)c(O)c(Br)c2)CN1c1ccc2ccccc2c1. The molecule has 4 rings (SSSR count). The molecular formula is C20H15Br2NO3. The topological polar surface area (TPSA) is 60.8 Å². The van der Waals surface area contributed by atoms with Crippen molar-refractivity contribution in [2.45, 2.75) is 12.0 Å². The van der Waals surface area contributed by atoms with Crippen LogP contribution in [0.2, 0.25) is 0 Å². The fourth-order valence-electron chi connectivity index (χ4n) is 3.52. The van der Waals surface area contributed by atoms with Gasteiger partial charge in [0.15, 0.2) is 0 Å². The van der Waals surface area contributed by atoms with Gasteiger partial charge in [0, 0.05) is 18.2 Å². The lowest BCUT2D eigenvalue weighted by Gasteiger charge is -2.47. The second-order valence-electron chi connectivity index (χ2n) is 6.41. The third-order valence-corrected chi connectivity index (χ3v) is 6.10. The maximum absolute atomic E-state index is 11.9. The molecule has 0 amide bonds. The maximum Gasteiger partial charge on any atom is 0.327 e. The smallest absolute Gasteiger partial charge is 0.327 e. The van der Waals surface area contributed by atoms with E-state index in [4.69, 9.17) is 0 Å². The van der Waals surface area contributed by atoms with Gasteiger partial charge in [-0.1, -0.05) is 30.3 Å². The number of phenolic OH excluding ortho intramolecular Hbond substituents is 1. The molecule has 3 aromatic carbocycles. The van der Waals surface area contributed by atoms with Crippen molar-refractivity contribution in [3.63, 3.8) is 0 Å². The van der Waals surface area contributed by atoms with Crippen LogP contribution in [0.1, 0.15) is 11.5 Å². The first-order valence-electron chi connectivity index (χ1n) is 8.12. The molecule has 0 bridgehead atoms. The number of hydrogen-bond donors (Lipinski definition) is 2. The summed E-state index contributed by atoms with van der Waals surface area (Å²) in [5.74, 6) is -0.881. The lowest BCUT2D eigenvalue weighted by Crippen LogP contribution is -2.59. The van der Waals surface area contributed by atoms with Crippen molar-refractivity contribution in [2.24, 2.45) is 0 Å². The van der Waals surface area contributed by atoms with E-state index in [0.29, 0.717) is 15.5 Å². The molecule has 3 aromatic rings. The monoisotopic (exact) mass is 475 g/mol. The van der Waals surface area contributed by atoms with E-state index in [9.17, 15) is 15.0 Å². The number of benzene rings is 3. The Labute approximate surface area is 167 Å². The summed E-state index contributed by atoms with van der Waals surface area (Å²) < 4.78 is 1.10. The minimum Gasteiger partial charge on any atom is -0.506 e. The normalized spacial score (nSPS) is 19.4. The summed E-state index contributed by atoms with van der Waals surface area (Å²) in [6, 6.07) is 17.0. The Kier molecular flexibility index (Phi) is 4.40. The van der Waals surface area contributed by atoms with E-state index < -0.39 is 12.0 Å². The standard InChI is InChI=1S/C20H15Br2NO3/c21-16-8-13(9-17(22)19(16)24)15-10-23(18(15)20(25)26)14-6-5-11-3-1-2-4-12(11)7-14/h1-9,15,18,24H,10H2,(H,25,26). The number of rotatable bonds is 3. The van der Waals surface area contributed by atoms with Crippen molar-refractivity contribution >= 4 is 54.3 Å². The van der Waals surface area contributed by atoms with Gasteiger partial charge in [0.25, 0.3) is 0 Å². The molecule has 1 fully saturated rings. The molecule has 4 nitrogen and oxygen atoms in total. The molecule has 1 aliphatic heterocycles. The van der Waals surface area contributed by atoms with Crippen LogP contribution in [0.25, 0.3) is 10.8 Å². The van der Waals surface area contributed by atoms with Crippen molar-refractivity contribution in [2.75, 3.05) is 11.4 Å². The summed E-state index contributed by atoms with van der Waals surface area (Å²) in [4.78, 5) is 13.8. The molecule has 26 heavy (non-hydrogen) atoms. The lowest BCUT2D eigenvalue weighted by molar-refractivity contribution is -0.140. The summed E-state index contributed by atoms with van der Waals surface area (Å²) in [5.41, 5.74) is 1.79. The zero-order chi connectivity index (χ0) is 18.4. The number of nitrogens with zero attached hydrogens (tertiary/aromatic N) is 1. The second-order valence-corrected chi connectivity index (χ2v) is 8.12. The average Bonchev–Trinajstić information content (AvgIpc) is 2.58. The van der Waals surface area contributed by atoms with Crippen molar-refractivity contribution in [1.82, 2.24) is 0 Å². The lowest BCUT2D eigenvalue weighted by atomic mass is 9.82. The Morgan fingerprint density at radius 3 is 2.31 bits per heavy atom. The van der Waals surface area contributed by atoms with Crippen molar-refractivity contribution in [3.05, 3.63) is 69.1 Å². The summed E-state index contributed by atoms with van der Waals surface area (Å²) in [6.07, 6.45) is 0. The molecule has 0 radical (unpaired) electrons. The first-order chi connectivity index (χ1) is 12.5. The number of fused-ring (bicyclic) bond motifs is 1. The molecule has 2 N–H and O–H groups in total. The highest BCUT2D eigenvalue weighted by Crippen LogP contribution is 2.43. The second kappa shape index (κ2) is 6.59. The van der Waals surface area contributed by atoms with Crippen LogP contribution >= 0.6 is 31.9 Å². The Morgan fingerprint density at radius 2 is 1.65 bits per heavy atom. The zero-order valence-electron chi connectivity index (χ0n) is 13.6. The molecule has 132 valence electrons. The minimum atomic E-state index is -0.852. The van der Waals surface area contributed by atoms with Crippen LogP contribution in [0.15, 0.2) is 63.5 Å². The first kappa shape index (κ1) is 17.4. The number of anilines is 1. The van der Waals surface area contributed by atoms with E-state index in [1.807, 2.05) is 47.4 Å². The summed E-state index contributed by atoms with van der Waals surface area (Å²) in [7, 11) is 0. The van der Waals surface area contributed by atoms with Gasteiger partial charge in [-0.25, -0.2) is 4.79 Å². The van der Waals surface area contributed by atoms with Crippen molar-refractivity contribution in [1.29, 1.82) is 0 Å². The van der Waals surface area contributed by atoms with E-state index in [2.05, 4.69) is 31.9 Å². The van der Waals surface area contributed by atoms with Gasteiger partial charge in [-0.3, -0.25) is 0 Å². The Morgan fingerprint density at radius 1 is 1.00 bits per heavy atom. The molecule has 1 aliphatic rings. The number of halogens is 2. The van der Waals surface area contributed by atoms with Gasteiger partial charge in [-0.15, -0.1) is 0 Å². The third kappa shape index (κ3) is 2.87. The number of hydrogen-bond acceptors (Lipinski definition) is 3. The molecule has 2 unspecified atom stereocenters. The van der Waals surface area contributed by atoms with E-state index >= 15 is 0 Å². The van der Waals surface area contributed by atoms with Crippen LogP contribution in [0.3, 0.4) is 0 Å². The average molecular weight is 477 g/mol. The highest BCUT2D eigenvalue weighted by Gasteiger charge is 2.45. The van der Waals surface area contributed by atoms with Crippen LogP contribution in [0.5, 0.6) is 5.75 Å². The third-order valence-electron chi connectivity index (χ3n) is 4.90. The molecule has 0 aliphatic carbocycles. The molecule has 0 saturated carbocycles. The predicted molar refractivity (Wildman–Crippen MR) is 109 cm³/mol. The van der Waals surface area contributed by atoms with Gasteiger partial charge in [0.1, 0.15) is 11.8 Å². The number of carbonyl (C=O) groups is 1. The van der Waals surface area contributed by atoms with Crippen LogP contribution in [0, 0.1) is 0 Å². The number of aliphatic carboxylic acids is 1. The highest BCUT2D eigenvalue weighted by molar-refractivity contribution is 9.11. The van der Waals surface area contributed by atoms with Gasteiger partial charge in [-0.05, 0) is 72.5 Å². The van der Waals surface area contributed by atoms with Crippen molar-refractivity contribution < 1.29 is 15.0 Å².